The Bertz CT molecular complexity index is 455. The van der Waals surface area contributed by atoms with Crippen LogP contribution >= 0.6 is 11.3 Å². The van der Waals surface area contributed by atoms with E-state index in [0.29, 0.717) is 12.0 Å². The lowest BCUT2D eigenvalue weighted by atomic mass is 9.70. The molecule has 0 bridgehead atoms. The smallest absolute Gasteiger partial charge is 0.129 e. The first kappa shape index (κ1) is 15.3. The van der Waals surface area contributed by atoms with Crippen molar-refractivity contribution in [2.45, 2.75) is 57.1 Å². The second-order valence-electron chi connectivity index (χ2n) is 6.46. The van der Waals surface area contributed by atoms with Crippen LogP contribution in [0.5, 0.6) is 5.75 Å². The summed E-state index contributed by atoms with van der Waals surface area (Å²) >= 11 is 1.82. The number of ether oxygens (including phenoxy) is 2. The highest BCUT2D eigenvalue weighted by Crippen LogP contribution is 2.48. The Morgan fingerprint density at radius 3 is 3.00 bits per heavy atom. The Morgan fingerprint density at radius 2 is 2.38 bits per heavy atom. The van der Waals surface area contributed by atoms with Crippen LogP contribution < -0.4 is 10.1 Å². The predicted octanol–water partition coefficient (Wildman–Crippen LogP) is 4.15. The van der Waals surface area contributed by atoms with Crippen molar-refractivity contribution >= 4 is 11.3 Å². The summed E-state index contributed by atoms with van der Waals surface area (Å²) in [5, 5.41) is 5.90. The summed E-state index contributed by atoms with van der Waals surface area (Å²) in [4.78, 5) is 1.42. The number of methoxy groups -OCH3 is 1. The highest BCUT2D eigenvalue weighted by atomic mass is 32.1. The number of hydrogen-bond acceptors (Lipinski definition) is 4. The van der Waals surface area contributed by atoms with Gasteiger partial charge in [0.2, 0.25) is 0 Å². The third-order valence-corrected chi connectivity index (χ3v) is 6.01. The van der Waals surface area contributed by atoms with Crippen molar-refractivity contribution in [1.29, 1.82) is 0 Å². The molecular weight excluding hydrogens is 282 g/mol. The van der Waals surface area contributed by atoms with Crippen LogP contribution in [0.3, 0.4) is 0 Å². The van der Waals surface area contributed by atoms with Crippen LogP contribution in [0.4, 0.5) is 0 Å². The van der Waals surface area contributed by atoms with Crippen molar-refractivity contribution in [2.24, 2.45) is 5.92 Å². The molecule has 1 saturated carbocycles. The lowest BCUT2D eigenvalue weighted by Crippen LogP contribution is -2.48. The van der Waals surface area contributed by atoms with Gasteiger partial charge in [0, 0.05) is 22.9 Å². The molecule has 1 aromatic rings. The van der Waals surface area contributed by atoms with Gasteiger partial charge in [-0.3, -0.25) is 0 Å². The summed E-state index contributed by atoms with van der Waals surface area (Å²) in [6.07, 6.45) is 7.42. The van der Waals surface area contributed by atoms with E-state index in [0.717, 1.165) is 18.9 Å². The third kappa shape index (κ3) is 3.27. The summed E-state index contributed by atoms with van der Waals surface area (Å²) in [6.45, 7) is 4.24. The molecule has 1 aliphatic heterocycles. The highest BCUT2D eigenvalue weighted by Gasteiger charge is 2.44. The standard InChI is InChI=1S/C17H27NO2S/c1-3-8-18-16(15-10-14(19-2)12-21-15)13-5-9-20-17(11-13)6-4-7-17/h10,12-13,16,18H,3-9,11H2,1-2H3. The molecule has 3 rings (SSSR count). The summed E-state index contributed by atoms with van der Waals surface area (Å²) in [5.41, 5.74) is 0.219. The Labute approximate surface area is 132 Å². The fraction of sp³-hybridized carbons (Fsp3) is 0.765. The van der Waals surface area contributed by atoms with Gasteiger partial charge < -0.3 is 14.8 Å². The Hall–Kier alpha value is -0.580. The second-order valence-corrected chi connectivity index (χ2v) is 7.40. The van der Waals surface area contributed by atoms with Gasteiger partial charge in [-0.05, 0) is 57.1 Å². The van der Waals surface area contributed by atoms with E-state index >= 15 is 0 Å². The molecule has 0 aromatic carbocycles. The van der Waals surface area contributed by atoms with Gasteiger partial charge in [0.15, 0.2) is 0 Å². The van der Waals surface area contributed by atoms with Crippen LogP contribution in [-0.2, 0) is 4.74 Å². The molecule has 2 aliphatic rings. The van der Waals surface area contributed by atoms with E-state index in [1.54, 1.807) is 7.11 Å². The monoisotopic (exact) mass is 309 g/mol. The van der Waals surface area contributed by atoms with E-state index in [9.17, 15) is 0 Å². The fourth-order valence-electron chi connectivity index (χ4n) is 3.67. The normalized spacial score (nSPS) is 25.5. The van der Waals surface area contributed by atoms with Crippen LogP contribution in [0.25, 0.3) is 0 Å². The topological polar surface area (TPSA) is 30.5 Å². The van der Waals surface area contributed by atoms with Crippen molar-refractivity contribution in [3.05, 3.63) is 16.3 Å². The molecule has 1 N–H and O–H groups in total. The van der Waals surface area contributed by atoms with Gasteiger partial charge in [-0.1, -0.05) is 6.92 Å². The van der Waals surface area contributed by atoms with E-state index in [1.165, 1.54) is 43.4 Å². The van der Waals surface area contributed by atoms with Crippen LogP contribution in [0.2, 0.25) is 0 Å². The molecule has 1 aliphatic carbocycles. The molecule has 1 saturated heterocycles. The first-order valence-electron chi connectivity index (χ1n) is 8.26. The van der Waals surface area contributed by atoms with E-state index in [4.69, 9.17) is 9.47 Å². The number of rotatable bonds is 6. The third-order valence-electron chi connectivity index (χ3n) is 5.02. The van der Waals surface area contributed by atoms with E-state index < -0.39 is 0 Å². The van der Waals surface area contributed by atoms with E-state index in [1.807, 2.05) is 11.3 Å². The molecule has 118 valence electrons. The largest absolute Gasteiger partial charge is 0.496 e. The maximum Gasteiger partial charge on any atom is 0.129 e. The highest BCUT2D eigenvalue weighted by molar-refractivity contribution is 7.10. The maximum absolute atomic E-state index is 6.10. The number of hydrogen-bond donors (Lipinski definition) is 1. The maximum atomic E-state index is 6.10. The summed E-state index contributed by atoms with van der Waals surface area (Å²) in [6, 6.07) is 2.67. The van der Waals surface area contributed by atoms with E-state index in [2.05, 4.69) is 23.7 Å². The predicted molar refractivity (Wildman–Crippen MR) is 87.2 cm³/mol. The van der Waals surface area contributed by atoms with E-state index in [-0.39, 0.29) is 5.60 Å². The lowest BCUT2D eigenvalue weighted by Gasteiger charge is -2.48. The average Bonchev–Trinajstić information content (AvgIpc) is 2.95. The molecular formula is C17H27NO2S. The average molecular weight is 309 g/mol. The fourth-order valence-corrected chi connectivity index (χ4v) is 4.70. The molecule has 0 amide bonds. The van der Waals surface area contributed by atoms with Gasteiger partial charge in [0.25, 0.3) is 0 Å². The van der Waals surface area contributed by atoms with Crippen LogP contribution in [0, 0.1) is 5.92 Å². The first-order valence-corrected chi connectivity index (χ1v) is 9.14. The van der Waals surface area contributed by atoms with Gasteiger partial charge in [0.1, 0.15) is 5.75 Å². The van der Waals surface area contributed by atoms with Crippen molar-refractivity contribution in [2.75, 3.05) is 20.3 Å². The molecule has 2 atom stereocenters. The van der Waals surface area contributed by atoms with Gasteiger partial charge in [0.05, 0.1) is 12.7 Å². The minimum absolute atomic E-state index is 0.219. The van der Waals surface area contributed by atoms with Gasteiger partial charge in [-0.25, -0.2) is 0 Å². The molecule has 4 heteroatoms. The summed E-state index contributed by atoms with van der Waals surface area (Å²) in [7, 11) is 1.75. The summed E-state index contributed by atoms with van der Waals surface area (Å²) in [5.74, 6) is 1.68. The molecule has 2 unspecified atom stereocenters. The van der Waals surface area contributed by atoms with Crippen molar-refractivity contribution in [1.82, 2.24) is 5.32 Å². The van der Waals surface area contributed by atoms with Gasteiger partial charge in [-0.15, -0.1) is 11.3 Å². The summed E-state index contributed by atoms with van der Waals surface area (Å²) < 4.78 is 11.5. The van der Waals surface area contributed by atoms with Crippen LogP contribution in [-0.4, -0.2) is 25.9 Å². The Morgan fingerprint density at radius 1 is 1.52 bits per heavy atom. The quantitative estimate of drug-likeness (QED) is 0.856. The SMILES string of the molecule is CCCNC(c1cc(OC)cs1)C1CCOC2(CCC2)C1. The van der Waals surface area contributed by atoms with Crippen molar-refractivity contribution in [3.63, 3.8) is 0 Å². The lowest BCUT2D eigenvalue weighted by molar-refractivity contribution is -0.147. The first-order chi connectivity index (χ1) is 10.3. The van der Waals surface area contributed by atoms with Gasteiger partial charge >= 0.3 is 0 Å². The minimum Gasteiger partial charge on any atom is -0.496 e. The zero-order valence-corrected chi connectivity index (χ0v) is 14.0. The number of thiophene rings is 1. The molecule has 21 heavy (non-hydrogen) atoms. The minimum atomic E-state index is 0.219. The molecule has 1 spiro atoms. The molecule has 2 fully saturated rings. The van der Waals surface area contributed by atoms with Crippen LogP contribution in [0.15, 0.2) is 11.4 Å². The molecule has 0 radical (unpaired) electrons. The Balaban J connectivity index is 1.74. The van der Waals surface area contributed by atoms with Crippen molar-refractivity contribution < 1.29 is 9.47 Å². The zero-order valence-electron chi connectivity index (χ0n) is 13.2. The molecule has 2 heterocycles. The molecule has 3 nitrogen and oxygen atoms in total. The van der Waals surface area contributed by atoms with Crippen LogP contribution in [0.1, 0.15) is 56.4 Å². The molecule has 1 aromatic heterocycles. The van der Waals surface area contributed by atoms with Crippen molar-refractivity contribution in [3.8, 4) is 5.75 Å². The van der Waals surface area contributed by atoms with Gasteiger partial charge in [-0.2, -0.15) is 0 Å². The zero-order chi connectivity index (χ0) is 14.7. The second kappa shape index (κ2) is 6.67. The Kier molecular flexibility index (Phi) is 4.87. The number of nitrogens with one attached hydrogen (secondary N) is 1.